The first-order valence-electron chi connectivity index (χ1n) is 4.11. The lowest BCUT2D eigenvalue weighted by Crippen LogP contribution is -2.14. The fourth-order valence-corrected chi connectivity index (χ4v) is 1.81. The van der Waals surface area contributed by atoms with Gasteiger partial charge in [-0.1, -0.05) is 12.1 Å². The van der Waals surface area contributed by atoms with Crippen LogP contribution in [0.5, 0.6) is 0 Å². The van der Waals surface area contributed by atoms with E-state index in [0.29, 0.717) is 5.56 Å². The van der Waals surface area contributed by atoms with Crippen molar-refractivity contribution >= 4 is 16.8 Å². The minimum Gasteiger partial charge on any atom is -0.280 e. The van der Waals surface area contributed by atoms with Crippen molar-refractivity contribution in [3.63, 3.8) is 0 Å². The Morgan fingerprint density at radius 2 is 2.15 bits per heavy atom. The van der Waals surface area contributed by atoms with Gasteiger partial charge in [-0.05, 0) is 42.1 Å². The highest BCUT2D eigenvalue weighted by Gasteiger charge is 2.50. The number of carbonyl (C=O) groups excluding carboxylic acids is 1. The zero-order valence-electron chi connectivity index (χ0n) is 6.89. The summed E-state index contributed by atoms with van der Waals surface area (Å²) in [5.74, 6) is -0.318. The topological polar surface area (TPSA) is 17.1 Å². The second-order valence-corrected chi connectivity index (χ2v) is 3.71. The van der Waals surface area contributed by atoms with E-state index in [0.717, 1.165) is 12.8 Å². The van der Waals surface area contributed by atoms with Crippen molar-refractivity contribution in [2.45, 2.75) is 18.3 Å². The molecule has 0 amide bonds. The first kappa shape index (κ1) is 8.70. The second-order valence-electron chi connectivity index (χ2n) is 3.37. The van der Waals surface area contributed by atoms with Crippen LogP contribution in [0.3, 0.4) is 0 Å². The second kappa shape index (κ2) is 2.81. The number of carbonyl (C=O) groups is 1. The number of hydrogen-bond donors (Lipinski definition) is 0. The van der Waals surface area contributed by atoms with Crippen LogP contribution in [0.2, 0.25) is 0 Å². The molecule has 0 saturated heterocycles. The van der Waals surface area contributed by atoms with E-state index in [1.54, 1.807) is 12.1 Å². The summed E-state index contributed by atoms with van der Waals surface area (Å²) >= 11 is 5.46. The van der Waals surface area contributed by atoms with Crippen molar-refractivity contribution < 1.29 is 9.18 Å². The van der Waals surface area contributed by atoms with Gasteiger partial charge in [0.2, 0.25) is 5.24 Å². The molecule has 0 heterocycles. The maximum absolute atomic E-state index is 12.8. The molecule has 0 aliphatic heterocycles. The molecular weight excluding hydrogens is 191 g/mol. The summed E-state index contributed by atoms with van der Waals surface area (Å²) in [6.45, 7) is 0. The number of rotatable bonds is 2. The lowest BCUT2D eigenvalue weighted by Gasteiger charge is -2.09. The lowest BCUT2D eigenvalue weighted by molar-refractivity contribution is -0.113. The molecule has 1 aliphatic carbocycles. The van der Waals surface area contributed by atoms with Crippen molar-refractivity contribution in [3.8, 4) is 0 Å². The summed E-state index contributed by atoms with van der Waals surface area (Å²) < 4.78 is 12.8. The molecule has 2 rings (SSSR count). The van der Waals surface area contributed by atoms with Gasteiger partial charge < -0.3 is 0 Å². The molecule has 1 aliphatic rings. The van der Waals surface area contributed by atoms with Gasteiger partial charge in [0, 0.05) is 0 Å². The summed E-state index contributed by atoms with van der Waals surface area (Å²) in [4.78, 5) is 11.1. The van der Waals surface area contributed by atoms with Gasteiger partial charge in [-0.15, -0.1) is 0 Å². The SMILES string of the molecule is O=C(Cl)C1(c2cccc(F)c2)CC1. The summed E-state index contributed by atoms with van der Waals surface area (Å²) in [7, 11) is 0. The van der Waals surface area contributed by atoms with Crippen LogP contribution in [0.1, 0.15) is 18.4 Å². The third kappa shape index (κ3) is 1.35. The van der Waals surface area contributed by atoms with E-state index in [1.807, 2.05) is 0 Å². The average Bonchev–Trinajstić information content (AvgIpc) is 2.83. The van der Waals surface area contributed by atoms with Crippen LogP contribution >= 0.6 is 11.6 Å². The highest BCUT2D eigenvalue weighted by molar-refractivity contribution is 6.66. The van der Waals surface area contributed by atoms with E-state index < -0.39 is 5.41 Å². The Bertz CT molecular complexity index is 358. The molecule has 1 fully saturated rings. The van der Waals surface area contributed by atoms with Crippen LogP contribution in [0.4, 0.5) is 4.39 Å². The Labute approximate surface area is 80.5 Å². The van der Waals surface area contributed by atoms with Crippen LogP contribution in [-0.4, -0.2) is 5.24 Å². The zero-order valence-corrected chi connectivity index (χ0v) is 7.64. The lowest BCUT2D eigenvalue weighted by atomic mass is 9.98. The van der Waals surface area contributed by atoms with E-state index in [-0.39, 0.29) is 11.1 Å². The Morgan fingerprint density at radius 3 is 2.62 bits per heavy atom. The van der Waals surface area contributed by atoms with Gasteiger partial charge in [-0.25, -0.2) is 4.39 Å². The highest BCUT2D eigenvalue weighted by atomic mass is 35.5. The van der Waals surface area contributed by atoms with E-state index in [1.165, 1.54) is 12.1 Å². The van der Waals surface area contributed by atoms with Gasteiger partial charge in [0.05, 0.1) is 5.41 Å². The zero-order chi connectivity index (χ0) is 9.47. The summed E-state index contributed by atoms with van der Waals surface area (Å²) in [5, 5.41) is -0.377. The molecular formula is C10H8ClFO. The van der Waals surface area contributed by atoms with Crippen LogP contribution < -0.4 is 0 Å². The van der Waals surface area contributed by atoms with Crippen molar-refractivity contribution in [1.82, 2.24) is 0 Å². The van der Waals surface area contributed by atoms with Crippen molar-refractivity contribution in [2.75, 3.05) is 0 Å². The standard InChI is InChI=1S/C10H8ClFO/c11-9(13)10(4-5-10)7-2-1-3-8(12)6-7/h1-3,6H,4-5H2. The number of halogens is 2. The average molecular weight is 199 g/mol. The molecule has 1 aromatic rings. The molecule has 3 heteroatoms. The van der Waals surface area contributed by atoms with Gasteiger partial charge in [-0.3, -0.25) is 4.79 Å². The molecule has 0 spiro atoms. The first-order valence-corrected chi connectivity index (χ1v) is 4.49. The van der Waals surface area contributed by atoms with Gasteiger partial charge in [0.15, 0.2) is 0 Å². The molecule has 13 heavy (non-hydrogen) atoms. The molecule has 0 N–H and O–H groups in total. The summed E-state index contributed by atoms with van der Waals surface area (Å²) in [5.41, 5.74) is 0.122. The molecule has 1 saturated carbocycles. The number of hydrogen-bond acceptors (Lipinski definition) is 1. The molecule has 0 radical (unpaired) electrons. The Morgan fingerprint density at radius 1 is 1.46 bits per heavy atom. The fourth-order valence-electron chi connectivity index (χ4n) is 1.51. The van der Waals surface area contributed by atoms with Crippen LogP contribution in [0.25, 0.3) is 0 Å². The monoisotopic (exact) mass is 198 g/mol. The molecule has 0 atom stereocenters. The largest absolute Gasteiger partial charge is 0.280 e. The van der Waals surface area contributed by atoms with E-state index in [9.17, 15) is 9.18 Å². The number of benzene rings is 1. The minimum atomic E-state index is -0.580. The minimum absolute atomic E-state index is 0.318. The molecule has 1 nitrogen and oxygen atoms in total. The van der Waals surface area contributed by atoms with E-state index >= 15 is 0 Å². The smallest absolute Gasteiger partial charge is 0.232 e. The summed E-state index contributed by atoms with van der Waals surface area (Å²) in [6, 6.07) is 6.09. The van der Waals surface area contributed by atoms with Gasteiger partial charge in [0.1, 0.15) is 5.82 Å². The quantitative estimate of drug-likeness (QED) is 0.668. The molecule has 0 aromatic heterocycles. The third-order valence-corrected chi connectivity index (χ3v) is 2.87. The summed E-state index contributed by atoms with van der Waals surface area (Å²) in [6.07, 6.45) is 1.47. The predicted octanol–water partition coefficient (Wildman–Crippen LogP) is 2.62. The van der Waals surface area contributed by atoms with Crippen LogP contribution in [0.15, 0.2) is 24.3 Å². The van der Waals surface area contributed by atoms with Gasteiger partial charge in [0.25, 0.3) is 0 Å². The van der Waals surface area contributed by atoms with Gasteiger partial charge in [-0.2, -0.15) is 0 Å². The first-order chi connectivity index (χ1) is 6.15. The fraction of sp³-hybridized carbons (Fsp3) is 0.300. The molecule has 68 valence electrons. The van der Waals surface area contributed by atoms with E-state index in [2.05, 4.69) is 0 Å². The maximum Gasteiger partial charge on any atom is 0.232 e. The molecule has 0 unspecified atom stereocenters. The van der Waals surface area contributed by atoms with E-state index in [4.69, 9.17) is 11.6 Å². The van der Waals surface area contributed by atoms with Crippen molar-refractivity contribution in [3.05, 3.63) is 35.6 Å². The van der Waals surface area contributed by atoms with Crippen molar-refractivity contribution in [2.24, 2.45) is 0 Å². The predicted molar refractivity (Wildman–Crippen MR) is 48.2 cm³/mol. The molecule has 0 bridgehead atoms. The highest BCUT2D eigenvalue weighted by Crippen LogP contribution is 2.49. The molecule has 1 aromatic carbocycles. The Hall–Kier alpha value is -0.890. The van der Waals surface area contributed by atoms with Crippen LogP contribution in [-0.2, 0) is 10.2 Å². The Kier molecular flexibility index (Phi) is 1.88. The van der Waals surface area contributed by atoms with Gasteiger partial charge >= 0.3 is 0 Å². The normalized spacial score (nSPS) is 18.3. The third-order valence-electron chi connectivity index (χ3n) is 2.50. The Balaban J connectivity index is 2.41. The maximum atomic E-state index is 12.8. The van der Waals surface area contributed by atoms with Crippen LogP contribution in [0, 0.1) is 5.82 Å². The van der Waals surface area contributed by atoms with Crippen molar-refractivity contribution in [1.29, 1.82) is 0 Å².